The van der Waals surface area contributed by atoms with Crippen LogP contribution in [0.5, 0.6) is 5.75 Å². The molecule has 4 rings (SSSR count). The van der Waals surface area contributed by atoms with Crippen molar-refractivity contribution in [2.45, 2.75) is 65.1 Å². The minimum Gasteiger partial charge on any atom is -0.494 e. The molecular weight excluding hydrogens is 549 g/mol. The number of hydrogen-bond acceptors (Lipinski definition) is 5. The fourth-order valence-corrected chi connectivity index (χ4v) is 5.24. The van der Waals surface area contributed by atoms with Gasteiger partial charge in [0.15, 0.2) is 0 Å². The first-order valence-electron chi connectivity index (χ1n) is 12.9. The number of aromatic carboxylic acids is 1. The molecule has 12 heteroatoms. The molecule has 1 amide bonds. The highest BCUT2D eigenvalue weighted by molar-refractivity contribution is 6.34. The Morgan fingerprint density at radius 2 is 1.80 bits per heavy atom. The predicted molar refractivity (Wildman–Crippen MR) is 146 cm³/mol. The highest BCUT2D eigenvalue weighted by Crippen LogP contribution is 2.47. The molecule has 4 N–H and O–H groups in total. The van der Waals surface area contributed by atoms with Crippen LogP contribution in [0.1, 0.15) is 73.9 Å². The number of methoxy groups -OCH3 is 1. The summed E-state index contributed by atoms with van der Waals surface area (Å²) < 4.78 is 45.7. The van der Waals surface area contributed by atoms with Crippen molar-refractivity contribution in [3.63, 3.8) is 0 Å². The third-order valence-corrected chi connectivity index (χ3v) is 7.51. The molecule has 1 aliphatic carbocycles. The number of halogens is 4. The van der Waals surface area contributed by atoms with Gasteiger partial charge in [-0.3, -0.25) is 4.79 Å². The first-order valence-corrected chi connectivity index (χ1v) is 13.3. The number of aromatic amines is 1. The summed E-state index contributed by atoms with van der Waals surface area (Å²) >= 11 is 6.10. The maximum atomic E-state index is 13.3. The maximum Gasteiger partial charge on any atom is 0.391 e. The summed E-state index contributed by atoms with van der Waals surface area (Å²) in [4.78, 5) is 31.5. The standard InChI is InChI=1S/C28H32ClF3N4O4/c1-27(2,3)25(39)33-13-14-9-17(15-5-7-16(8-6-15)28(30,31)32)23(40-4)22(10-14)36-26-34-20-11-18(24(37)38)19(29)12-21(20)35-26/h9-12,15-16H,5-8,13H2,1-4H3,(H,33,39)(H,37,38)(H2,34,35,36). The number of ether oxygens (including phenoxy) is 1. The van der Waals surface area contributed by atoms with Crippen LogP contribution in [0.15, 0.2) is 24.3 Å². The predicted octanol–water partition coefficient (Wildman–Crippen LogP) is 7.17. The van der Waals surface area contributed by atoms with Crippen LogP contribution in [0.4, 0.5) is 24.8 Å². The van der Waals surface area contributed by atoms with Gasteiger partial charge in [0.05, 0.1) is 40.3 Å². The molecule has 3 aromatic rings. The zero-order chi connectivity index (χ0) is 29.4. The number of carbonyl (C=O) groups excluding carboxylic acids is 1. The van der Waals surface area contributed by atoms with Crippen molar-refractivity contribution in [1.29, 1.82) is 0 Å². The Bertz CT molecular complexity index is 1420. The number of nitrogens with one attached hydrogen (secondary N) is 3. The maximum absolute atomic E-state index is 13.3. The minimum atomic E-state index is -4.22. The van der Waals surface area contributed by atoms with Gasteiger partial charge in [-0.1, -0.05) is 32.4 Å². The topological polar surface area (TPSA) is 116 Å². The van der Waals surface area contributed by atoms with Crippen LogP contribution in [0.25, 0.3) is 11.0 Å². The van der Waals surface area contributed by atoms with E-state index in [0.29, 0.717) is 35.3 Å². The second-order valence-electron chi connectivity index (χ2n) is 11.2. The van der Waals surface area contributed by atoms with Gasteiger partial charge in [-0.05, 0) is 67.0 Å². The molecule has 0 unspecified atom stereocenters. The number of imidazole rings is 1. The number of hydrogen-bond donors (Lipinski definition) is 4. The molecule has 0 radical (unpaired) electrons. The highest BCUT2D eigenvalue weighted by atomic mass is 35.5. The van der Waals surface area contributed by atoms with E-state index < -0.39 is 23.5 Å². The van der Waals surface area contributed by atoms with Crippen LogP contribution in [0, 0.1) is 11.3 Å². The summed E-state index contributed by atoms with van der Waals surface area (Å²) in [5.41, 5.74) is 2.19. The molecule has 1 saturated carbocycles. The first-order chi connectivity index (χ1) is 18.7. The summed E-state index contributed by atoms with van der Waals surface area (Å²) in [6.45, 7) is 5.61. The number of alkyl halides is 3. The van der Waals surface area contributed by atoms with E-state index >= 15 is 0 Å². The third kappa shape index (κ3) is 6.46. The molecule has 216 valence electrons. The minimum absolute atomic E-state index is 0.0291. The van der Waals surface area contributed by atoms with Crippen LogP contribution in [0.3, 0.4) is 0 Å². The average Bonchev–Trinajstić information content (AvgIpc) is 3.26. The number of carboxylic acid groups (broad SMARTS) is 1. The Morgan fingerprint density at radius 3 is 2.38 bits per heavy atom. The smallest absolute Gasteiger partial charge is 0.391 e. The molecule has 1 aromatic heterocycles. The Balaban J connectivity index is 1.70. The molecule has 0 aliphatic heterocycles. The summed E-state index contributed by atoms with van der Waals surface area (Å²) in [5, 5.41) is 15.5. The van der Waals surface area contributed by atoms with E-state index in [2.05, 4.69) is 20.6 Å². The van der Waals surface area contributed by atoms with E-state index in [-0.39, 0.29) is 47.7 Å². The zero-order valence-corrected chi connectivity index (χ0v) is 23.4. The SMILES string of the molecule is COc1c(Nc2nc3cc(C(=O)O)c(Cl)cc3[nH]2)cc(CNC(=O)C(C)(C)C)cc1C1CCC(C(F)(F)F)CC1. The molecule has 1 heterocycles. The molecule has 1 fully saturated rings. The summed E-state index contributed by atoms with van der Waals surface area (Å²) in [6.07, 6.45) is -3.47. The van der Waals surface area contributed by atoms with Crippen LogP contribution >= 0.6 is 11.6 Å². The van der Waals surface area contributed by atoms with Crippen molar-refractivity contribution in [2.24, 2.45) is 11.3 Å². The lowest BCUT2D eigenvalue weighted by molar-refractivity contribution is -0.182. The van der Waals surface area contributed by atoms with E-state index in [4.69, 9.17) is 16.3 Å². The Hall–Kier alpha value is -3.47. The molecule has 0 spiro atoms. The first kappa shape index (κ1) is 29.5. The lowest BCUT2D eigenvalue weighted by Gasteiger charge is -2.31. The largest absolute Gasteiger partial charge is 0.494 e. The molecule has 1 aliphatic rings. The van der Waals surface area contributed by atoms with E-state index in [1.807, 2.05) is 6.07 Å². The van der Waals surface area contributed by atoms with Crippen LogP contribution in [0.2, 0.25) is 5.02 Å². The number of rotatable bonds is 7. The Labute approximate surface area is 234 Å². The molecule has 0 saturated heterocycles. The van der Waals surface area contributed by atoms with Crippen LogP contribution < -0.4 is 15.4 Å². The molecule has 2 aromatic carbocycles. The van der Waals surface area contributed by atoms with Crippen molar-refractivity contribution in [3.05, 3.63) is 46.0 Å². The molecular formula is C28H32ClF3N4O4. The normalized spacial score (nSPS) is 18.0. The van der Waals surface area contributed by atoms with Crippen molar-refractivity contribution in [1.82, 2.24) is 15.3 Å². The van der Waals surface area contributed by atoms with Gasteiger partial charge in [0.25, 0.3) is 0 Å². The van der Waals surface area contributed by atoms with Gasteiger partial charge in [0.1, 0.15) is 5.75 Å². The van der Waals surface area contributed by atoms with Crippen molar-refractivity contribution in [2.75, 3.05) is 12.4 Å². The summed E-state index contributed by atoms with van der Waals surface area (Å²) in [7, 11) is 1.49. The zero-order valence-electron chi connectivity index (χ0n) is 22.6. The number of carbonyl (C=O) groups is 2. The average molecular weight is 581 g/mol. The number of amides is 1. The van der Waals surface area contributed by atoms with E-state index in [1.54, 1.807) is 26.8 Å². The van der Waals surface area contributed by atoms with Gasteiger partial charge >= 0.3 is 12.1 Å². The second-order valence-corrected chi connectivity index (χ2v) is 11.6. The number of nitrogens with zero attached hydrogens (tertiary/aromatic N) is 1. The molecule has 40 heavy (non-hydrogen) atoms. The number of aromatic nitrogens is 2. The number of benzene rings is 2. The van der Waals surface area contributed by atoms with Crippen LogP contribution in [-0.2, 0) is 11.3 Å². The van der Waals surface area contributed by atoms with Gasteiger partial charge < -0.3 is 25.5 Å². The number of fused-ring (bicyclic) bond motifs is 1. The van der Waals surface area contributed by atoms with Crippen LogP contribution in [-0.4, -0.2) is 40.2 Å². The van der Waals surface area contributed by atoms with Crippen molar-refractivity contribution >= 4 is 46.1 Å². The van der Waals surface area contributed by atoms with Crippen molar-refractivity contribution < 1.29 is 32.6 Å². The highest BCUT2D eigenvalue weighted by Gasteiger charge is 2.42. The lowest BCUT2D eigenvalue weighted by atomic mass is 9.77. The monoisotopic (exact) mass is 580 g/mol. The number of anilines is 2. The van der Waals surface area contributed by atoms with E-state index in [0.717, 1.165) is 11.1 Å². The molecule has 0 atom stereocenters. The van der Waals surface area contributed by atoms with Crippen molar-refractivity contribution in [3.8, 4) is 5.75 Å². The Kier molecular flexibility index (Phi) is 8.26. The van der Waals surface area contributed by atoms with Gasteiger partial charge in [0.2, 0.25) is 11.9 Å². The van der Waals surface area contributed by atoms with E-state index in [1.165, 1.54) is 19.2 Å². The summed E-state index contributed by atoms with van der Waals surface area (Å²) in [5.74, 6) is -2.06. The van der Waals surface area contributed by atoms with Gasteiger partial charge in [-0.25, -0.2) is 9.78 Å². The fraction of sp³-hybridized carbons (Fsp3) is 0.464. The fourth-order valence-electron chi connectivity index (χ4n) is 5.00. The van der Waals surface area contributed by atoms with Gasteiger partial charge in [-0.2, -0.15) is 13.2 Å². The number of H-pyrrole nitrogens is 1. The Morgan fingerprint density at radius 1 is 1.12 bits per heavy atom. The molecule has 0 bridgehead atoms. The summed E-state index contributed by atoms with van der Waals surface area (Å²) in [6, 6.07) is 6.50. The second kappa shape index (κ2) is 11.2. The van der Waals surface area contributed by atoms with E-state index in [9.17, 15) is 27.9 Å². The quantitative estimate of drug-likeness (QED) is 0.235. The van der Waals surface area contributed by atoms with Gasteiger partial charge in [-0.15, -0.1) is 0 Å². The van der Waals surface area contributed by atoms with Gasteiger partial charge in [0, 0.05) is 12.0 Å². The lowest BCUT2D eigenvalue weighted by Crippen LogP contribution is -2.34. The third-order valence-electron chi connectivity index (χ3n) is 7.20. The molecule has 8 nitrogen and oxygen atoms in total. The number of carboxylic acids is 1.